The number of esters is 1. The molecule has 20 heavy (non-hydrogen) atoms. The Morgan fingerprint density at radius 3 is 2.60 bits per heavy atom. The molecule has 0 unspecified atom stereocenters. The summed E-state index contributed by atoms with van der Waals surface area (Å²) in [6.45, 7) is 1.86. The highest BCUT2D eigenvalue weighted by atomic mass is 19.1. The number of anilines is 1. The molecule has 0 heterocycles. The van der Waals surface area contributed by atoms with E-state index >= 15 is 0 Å². The smallest absolute Gasteiger partial charge is 0.337 e. The molecular weight excluding hydrogens is 269 g/mol. The fourth-order valence-corrected chi connectivity index (χ4v) is 1.47. The zero-order chi connectivity index (χ0) is 15.1. The molecular formula is C13H14FNO5. The minimum Gasteiger partial charge on any atom is -0.478 e. The number of hydrogen-bond acceptors (Lipinski definition) is 4. The molecule has 1 amide bonds. The number of carbonyl (C=O) groups is 3. The van der Waals surface area contributed by atoms with Gasteiger partial charge in [-0.2, -0.15) is 0 Å². The quantitative estimate of drug-likeness (QED) is 0.777. The van der Waals surface area contributed by atoms with E-state index in [-0.39, 0.29) is 30.7 Å². The highest BCUT2D eigenvalue weighted by molar-refractivity contribution is 6.01. The van der Waals surface area contributed by atoms with E-state index in [2.05, 4.69) is 10.1 Å². The van der Waals surface area contributed by atoms with Gasteiger partial charge in [0.1, 0.15) is 5.82 Å². The molecule has 1 aromatic rings. The number of amides is 1. The van der Waals surface area contributed by atoms with Crippen LogP contribution in [0.2, 0.25) is 0 Å². The van der Waals surface area contributed by atoms with Crippen molar-refractivity contribution >= 4 is 23.5 Å². The number of rotatable bonds is 6. The van der Waals surface area contributed by atoms with Gasteiger partial charge < -0.3 is 15.2 Å². The Labute approximate surface area is 114 Å². The van der Waals surface area contributed by atoms with Gasteiger partial charge in [-0.25, -0.2) is 9.18 Å². The molecule has 1 rings (SSSR count). The summed E-state index contributed by atoms with van der Waals surface area (Å²) >= 11 is 0. The molecule has 1 aromatic carbocycles. The summed E-state index contributed by atoms with van der Waals surface area (Å²) in [7, 11) is 0. The lowest BCUT2D eigenvalue weighted by Gasteiger charge is -2.08. The van der Waals surface area contributed by atoms with Crippen LogP contribution < -0.4 is 5.32 Å². The number of carbonyl (C=O) groups excluding carboxylic acids is 2. The summed E-state index contributed by atoms with van der Waals surface area (Å²) in [5.41, 5.74) is -0.373. The maximum Gasteiger partial charge on any atom is 0.337 e. The maximum absolute atomic E-state index is 13.1. The van der Waals surface area contributed by atoms with Crippen LogP contribution in [0.25, 0.3) is 0 Å². The van der Waals surface area contributed by atoms with Crippen molar-refractivity contribution in [1.82, 2.24) is 0 Å². The molecule has 7 heteroatoms. The first kappa shape index (κ1) is 15.6. The number of halogens is 1. The molecule has 0 aliphatic rings. The third kappa shape index (κ3) is 4.68. The zero-order valence-corrected chi connectivity index (χ0v) is 10.8. The van der Waals surface area contributed by atoms with Crippen molar-refractivity contribution in [2.45, 2.75) is 19.8 Å². The molecule has 0 aromatic heterocycles. The lowest BCUT2D eigenvalue weighted by Crippen LogP contribution is -2.16. The first-order valence-corrected chi connectivity index (χ1v) is 5.92. The van der Waals surface area contributed by atoms with Crippen LogP contribution in [-0.4, -0.2) is 29.6 Å². The summed E-state index contributed by atoms with van der Waals surface area (Å²) < 4.78 is 17.7. The Morgan fingerprint density at radius 2 is 2.00 bits per heavy atom. The fourth-order valence-electron chi connectivity index (χ4n) is 1.47. The highest BCUT2D eigenvalue weighted by Crippen LogP contribution is 2.17. The molecule has 6 nitrogen and oxygen atoms in total. The second kappa shape index (κ2) is 7.22. The molecule has 0 fully saturated rings. The van der Waals surface area contributed by atoms with Gasteiger partial charge in [-0.1, -0.05) is 0 Å². The molecule has 0 aliphatic heterocycles. The average Bonchev–Trinajstić information content (AvgIpc) is 2.36. The van der Waals surface area contributed by atoms with Gasteiger partial charge in [-0.3, -0.25) is 9.59 Å². The predicted octanol–water partition coefficient (Wildman–Crippen LogP) is 1.81. The number of benzene rings is 1. The summed E-state index contributed by atoms with van der Waals surface area (Å²) in [6.07, 6.45) is -0.300. The Hall–Kier alpha value is -2.44. The normalized spacial score (nSPS) is 9.90. The van der Waals surface area contributed by atoms with Gasteiger partial charge in [-0.15, -0.1) is 0 Å². The van der Waals surface area contributed by atoms with E-state index in [1.54, 1.807) is 6.92 Å². The molecule has 108 valence electrons. The second-order valence-corrected chi connectivity index (χ2v) is 3.85. The number of aromatic carboxylic acids is 1. The third-order valence-corrected chi connectivity index (χ3v) is 2.35. The minimum absolute atomic E-state index is 0.128. The number of ether oxygens (including phenoxy) is 1. The zero-order valence-electron chi connectivity index (χ0n) is 10.8. The highest BCUT2D eigenvalue weighted by Gasteiger charge is 2.14. The maximum atomic E-state index is 13.1. The summed E-state index contributed by atoms with van der Waals surface area (Å²) in [6, 6.07) is 2.95. The molecule has 2 N–H and O–H groups in total. The Morgan fingerprint density at radius 1 is 1.30 bits per heavy atom. The summed E-state index contributed by atoms with van der Waals surface area (Å²) in [4.78, 5) is 33.6. The lowest BCUT2D eigenvalue weighted by atomic mass is 10.1. The molecule has 0 saturated carbocycles. The van der Waals surface area contributed by atoms with E-state index < -0.39 is 23.7 Å². The Balaban J connectivity index is 2.68. The van der Waals surface area contributed by atoms with E-state index in [0.29, 0.717) is 0 Å². The Kier molecular flexibility index (Phi) is 5.64. The van der Waals surface area contributed by atoms with Crippen molar-refractivity contribution in [3.05, 3.63) is 29.6 Å². The second-order valence-electron chi connectivity index (χ2n) is 3.85. The first-order valence-electron chi connectivity index (χ1n) is 5.92. The van der Waals surface area contributed by atoms with Crippen LogP contribution in [0.3, 0.4) is 0 Å². The van der Waals surface area contributed by atoms with Gasteiger partial charge in [0.05, 0.1) is 24.3 Å². The first-order chi connectivity index (χ1) is 9.43. The van der Waals surface area contributed by atoms with Gasteiger partial charge in [0.2, 0.25) is 5.91 Å². The fraction of sp³-hybridized carbons (Fsp3) is 0.308. The van der Waals surface area contributed by atoms with Crippen molar-refractivity contribution < 1.29 is 28.6 Å². The van der Waals surface area contributed by atoms with Crippen molar-refractivity contribution in [3.63, 3.8) is 0 Å². The van der Waals surface area contributed by atoms with Crippen LogP contribution in [0.5, 0.6) is 0 Å². The van der Waals surface area contributed by atoms with Crippen LogP contribution in [0, 0.1) is 5.82 Å². The monoisotopic (exact) mass is 283 g/mol. The molecule has 0 saturated heterocycles. The topological polar surface area (TPSA) is 92.7 Å². The van der Waals surface area contributed by atoms with E-state index in [0.717, 1.165) is 18.2 Å². The number of carboxylic acids is 1. The molecule has 0 radical (unpaired) electrons. The molecule has 0 atom stereocenters. The van der Waals surface area contributed by atoms with Crippen LogP contribution in [0.4, 0.5) is 10.1 Å². The van der Waals surface area contributed by atoms with Crippen LogP contribution in [0.1, 0.15) is 30.1 Å². The average molecular weight is 283 g/mol. The standard InChI is InChI=1S/C13H14FNO5/c1-2-20-12(17)6-5-11(16)15-10-7-8(14)3-4-9(10)13(18)19/h3-4,7H,2,5-6H2,1H3,(H,15,16)(H,18,19). The van der Waals surface area contributed by atoms with Crippen LogP contribution in [0.15, 0.2) is 18.2 Å². The minimum atomic E-state index is -1.29. The van der Waals surface area contributed by atoms with Gasteiger partial charge in [-0.05, 0) is 25.1 Å². The summed E-state index contributed by atoms with van der Waals surface area (Å²) in [5, 5.41) is 11.2. The molecule has 0 spiro atoms. The predicted molar refractivity (Wildman–Crippen MR) is 67.9 cm³/mol. The SMILES string of the molecule is CCOC(=O)CCC(=O)Nc1cc(F)ccc1C(=O)O. The number of carboxylic acid groups (broad SMARTS) is 1. The lowest BCUT2D eigenvalue weighted by molar-refractivity contribution is -0.144. The van der Waals surface area contributed by atoms with Crippen molar-refractivity contribution in [1.29, 1.82) is 0 Å². The molecule has 0 bridgehead atoms. The van der Waals surface area contributed by atoms with Crippen molar-refractivity contribution in [3.8, 4) is 0 Å². The van der Waals surface area contributed by atoms with Gasteiger partial charge in [0.25, 0.3) is 0 Å². The number of nitrogens with one attached hydrogen (secondary N) is 1. The summed E-state index contributed by atoms with van der Waals surface area (Å²) in [5.74, 6) is -3.08. The van der Waals surface area contributed by atoms with Crippen molar-refractivity contribution in [2.24, 2.45) is 0 Å². The van der Waals surface area contributed by atoms with E-state index in [1.807, 2.05) is 0 Å². The van der Waals surface area contributed by atoms with Gasteiger partial charge in [0.15, 0.2) is 0 Å². The Bertz CT molecular complexity index is 529. The third-order valence-electron chi connectivity index (χ3n) is 2.35. The van der Waals surface area contributed by atoms with Gasteiger partial charge >= 0.3 is 11.9 Å². The van der Waals surface area contributed by atoms with E-state index in [9.17, 15) is 18.8 Å². The largest absolute Gasteiger partial charge is 0.478 e. The van der Waals surface area contributed by atoms with Crippen molar-refractivity contribution in [2.75, 3.05) is 11.9 Å². The van der Waals surface area contributed by atoms with E-state index in [4.69, 9.17) is 5.11 Å². The molecule has 0 aliphatic carbocycles. The van der Waals surface area contributed by atoms with Crippen LogP contribution >= 0.6 is 0 Å². The number of hydrogen-bond donors (Lipinski definition) is 2. The van der Waals surface area contributed by atoms with Crippen LogP contribution in [-0.2, 0) is 14.3 Å². The van der Waals surface area contributed by atoms with E-state index in [1.165, 1.54) is 0 Å². The van der Waals surface area contributed by atoms with Gasteiger partial charge in [0, 0.05) is 6.42 Å².